The van der Waals surface area contributed by atoms with Crippen molar-refractivity contribution in [2.75, 3.05) is 25.4 Å². The Bertz CT molecular complexity index is 1670. The van der Waals surface area contributed by atoms with Gasteiger partial charge in [0.15, 0.2) is 5.96 Å². The number of thioether (sulfide) groups is 1. The molecule has 18 heteroatoms. The molecule has 17 nitrogen and oxygen atoms in total. The quantitative estimate of drug-likeness (QED) is 0.0894. The molecule has 1 saturated carbocycles. The largest absolute Gasteiger partial charge is 0.370 e. The maximum absolute atomic E-state index is 14.4. The lowest BCUT2D eigenvalue weighted by molar-refractivity contribution is -0.140. The average molecular weight is 827 g/mol. The first-order valence-corrected chi connectivity index (χ1v) is 21.5. The molecule has 0 spiro atoms. The maximum Gasteiger partial charge on any atom is 0.244 e. The summed E-state index contributed by atoms with van der Waals surface area (Å²) in [7, 11) is 0. The van der Waals surface area contributed by atoms with Crippen molar-refractivity contribution in [3.05, 3.63) is 35.4 Å². The predicted octanol–water partition coefficient (Wildman–Crippen LogP) is 0.0777. The van der Waals surface area contributed by atoms with Crippen LogP contribution in [0.25, 0.3) is 0 Å². The molecular formula is C40H62N10O7S. The SMILES string of the molecule is CC(C)(C)C(NC(=O)C(CCCN=C(N)N)NC(=O)C1CSCc2cccc(c2)CC(=O)NCCC(=O)N2CCCC2C(=O)NC(C2CCCCC2)C(=O)N1)C(N)=O. The number of nitrogens with two attached hydrogens (primary N) is 3. The van der Waals surface area contributed by atoms with Crippen LogP contribution in [0, 0.1) is 11.3 Å². The van der Waals surface area contributed by atoms with Crippen LogP contribution in [0.3, 0.4) is 0 Å². The normalized spacial score (nSPS) is 22.9. The Balaban J connectivity index is 1.66. The lowest BCUT2D eigenvalue weighted by Gasteiger charge is -2.33. The Hall–Kier alpha value is -4.87. The molecule has 1 aliphatic carbocycles. The number of nitrogens with zero attached hydrogens (tertiary/aromatic N) is 2. The van der Waals surface area contributed by atoms with Crippen molar-refractivity contribution in [3.8, 4) is 0 Å². The fraction of sp³-hybridized carbons (Fsp3) is 0.650. The summed E-state index contributed by atoms with van der Waals surface area (Å²) in [5, 5.41) is 14.2. The molecule has 4 rings (SSSR count). The van der Waals surface area contributed by atoms with Gasteiger partial charge in [-0.3, -0.25) is 38.6 Å². The van der Waals surface area contributed by atoms with Gasteiger partial charge in [-0.1, -0.05) is 64.3 Å². The highest BCUT2D eigenvalue weighted by atomic mass is 32.2. The highest BCUT2D eigenvalue weighted by Gasteiger charge is 2.40. The van der Waals surface area contributed by atoms with Gasteiger partial charge in [0.25, 0.3) is 0 Å². The van der Waals surface area contributed by atoms with Crippen LogP contribution in [0.5, 0.6) is 0 Å². The smallest absolute Gasteiger partial charge is 0.244 e. The zero-order valence-corrected chi connectivity index (χ0v) is 34.8. The Morgan fingerprint density at radius 3 is 2.36 bits per heavy atom. The summed E-state index contributed by atoms with van der Waals surface area (Å²) in [6.07, 6.45) is 5.70. The molecular weight excluding hydrogens is 765 g/mol. The average Bonchev–Trinajstić information content (AvgIpc) is 3.66. The van der Waals surface area contributed by atoms with Crippen LogP contribution >= 0.6 is 11.8 Å². The molecule has 0 aromatic heterocycles. The Kier molecular flexibility index (Phi) is 17.2. The van der Waals surface area contributed by atoms with E-state index in [0.29, 0.717) is 44.4 Å². The first kappa shape index (κ1) is 45.8. The molecule has 2 fully saturated rings. The Morgan fingerprint density at radius 1 is 0.948 bits per heavy atom. The number of fused-ring (bicyclic) bond motifs is 3. The standard InChI is InChI=1S/C40H62N10O7S/c1-40(2,3)33(34(41)53)49-35(54)27(14-8-17-45-39(42)43)46-36(55)28-23-58-22-25-11-7-10-24(20-25)21-30(51)44-18-16-31(52)50-19-9-15-29(50)37(56)48-32(38(57)47-28)26-12-5-4-6-13-26/h7,10-11,20,26-29,32-33H,4-6,8-9,12-19,21-23H2,1-3H3,(H2,41,53)(H,44,51)(H,46,55)(H,47,57)(H,48,56)(H,49,54)(H4,42,43,45). The molecule has 11 N–H and O–H groups in total. The minimum absolute atomic E-state index is 0.0300. The van der Waals surface area contributed by atoms with Crippen molar-refractivity contribution in [1.82, 2.24) is 31.5 Å². The summed E-state index contributed by atoms with van der Waals surface area (Å²) in [6, 6.07) is 2.35. The van der Waals surface area contributed by atoms with Gasteiger partial charge < -0.3 is 48.7 Å². The third kappa shape index (κ3) is 13.9. The number of hydrogen-bond acceptors (Lipinski definition) is 9. The predicted molar refractivity (Wildman–Crippen MR) is 222 cm³/mol. The maximum atomic E-state index is 14.4. The van der Waals surface area contributed by atoms with Crippen LogP contribution in [0.15, 0.2) is 29.3 Å². The number of rotatable bonds is 10. The number of guanidine groups is 1. The van der Waals surface area contributed by atoms with Crippen molar-refractivity contribution in [2.24, 2.45) is 33.5 Å². The van der Waals surface area contributed by atoms with Gasteiger partial charge in [0, 0.05) is 37.6 Å². The number of nitrogens with one attached hydrogen (secondary N) is 5. The van der Waals surface area contributed by atoms with Crippen molar-refractivity contribution >= 4 is 59.1 Å². The summed E-state index contributed by atoms with van der Waals surface area (Å²) in [5.41, 5.74) is 17.6. The molecule has 320 valence electrons. The molecule has 2 aliphatic heterocycles. The minimum Gasteiger partial charge on any atom is -0.370 e. The van der Waals surface area contributed by atoms with E-state index in [4.69, 9.17) is 17.2 Å². The number of carbonyl (C=O) groups excluding carboxylic acids is 7. The topological polar surface area (TPSA) is 273 Å². The molecule has 2 bridgehead atoms. The summed E-state index contributed by atoms with van der Waals surface area (Å²) >= 11 is 1.38. The summed E-state index contributed by atoms with van der Waals surface area (Å²) < 4.78 is 0. The summed E-state index contributed by atoms with van der Waals surface area (Å²) in [4.78, 5) is 100. The molecule has 1 aromatic rings. The lowest BCUT2D eigenvalue weighted by Crippen LogP contribution is -2.61. The van der Waals surface area contributed by atoms with Crippen molar-refractivity contribution < 1.29 is 33.6 Å². The van der Waals surface area contributed by atoms with E-state index >= 15 is 0 Å². The number of benzene rings is 1. The molecule has 3 aliphatic rings. The zero-order valence-electron chi connectivity index (χ0n) is 34.0. The van der Waals surface area contributed by atoms with Crippen LogP contribution in [-0.2, 0) is 45.7 Å². The number of amides is 7. The second-order valence-corrected chi connectivity index (χ2v) is 17.6. The second kappa shape index (κ2) is 21.8. The molecule has 58 heavy (non-hydrogen) atoms. The number of aliphatic imine (C=N–C) groups is 1. The van der Waals surface area contributed by atoms with E-state index in [1.54, 1.807) is 20.8 Å². The highest BCUT2D eigenvalue weighted by molar-refractivity contribution is 7.98. The summed E-state index contributed by atoms with van der Waals surface area (Å²) in [6.45, 7) is 5.94. The second-order valence-electron chi connectivity index (χ2n) is 16.5. The van der Waals surface area contributed by atoms with Gasteiger partial charge in [0.05, 0.1) is 6.42 Å². The third-order valence-corrected chi connectivity index (χ3v) is 11.9. The number of primary amides is 1. The fourth-order valence-electron chi connectivity index (χ4n) is 7.72. The molecule has 7 amide bonds. The van der Waals surface area contributed by atoms with Crippen LogP contribution in [0.1, 0.15) is 96.1 Å². The molecule has 1 aromatic carbocycles. The molecule has 5 unspecified atom stereocenters. The van der Waals surface area contributed by atoms with Gasteiger partial charge in [0.1, 0.15) is 30.2 Å². The minimum atomic E-state index is -1.16. The Morgan fingerprint density at radius 2 is 1.67 bits per heavy atom. The molecule has 0 radical (unpaired) electrons. The zero-order chi connectivity index (χ0) is 42.4. The van der Waals surface area contributed by atoms with Gasteiger partial charge in [-0.25, -0.2) is 0 Å². The summed E-state index contributed by atoms with van der Waals surface area (Å²) in [5.74, 6) is -3.32. The fourth-order valence-corrected chi connectivity index (χ4v) is 8.73. The molecule has 1 saturated heterocycles. The van der Waals surface area contributed by atoms with Crippen LogP contribution in [0.4, 0.5) is 0 Å². The highest BCUT2D eigenvalue weighted by Crippen LogP contribution is 2.28. The first-order valence-electron chi connectivity index (χ1n) is 20.3. The van der Waals surface area contributed by atoms with E-state index in [9.17, 15) is 33.6 Å². The van der Waals surface area contributed by atoms with Crippen molar-refractivity contribution in [2.45, 2.75) is 127 Å². The molecule has 5 atom stereocenters. The van der Waals surface area contributed by atoms with E-state index in [1.807, 2.05) is 24.3 Å². The molecule has 2 heterocycles. The van der Waals surface area contributed by atoms with Crippen LogP contribution in [0.2, 0.25) is 0 Å². The van der Waals surface area contributed by atoms with E-state index in [1.165, 1.54) is 16.7 Å². The van der Waals surface area contributed by atoms with Gasteiger partial charge in [-0.2, -0.15) is 11.8 Å². The Labute approximate surface area is 344 Å². The van der Waals surface area contributed by atoms with Gasteiger partial charge in [-0.05, 0) is 61.0 Å². The van der Waals surface area contributed by atoms with E-state index in [0.717, 1.165) is 30.4 Å². The number of hydrogen-bond donors (Lipinski definition) is 8. The monoisotopic (exact) mass is 826 g/mol. The first-order chi connectivity index (χ1) is 27.5. The van der Waals surface area contributed by atoms with E-state index in [2.05, 4.69) is 31.6 Å². The van der Waals surface area contributed by atoms with Crippen LogP contribution in [-0.4, -0.2) is 108 Å². The number of carbonyl (C=O) groups is 7. The van der Waals surface area contributed by atoms with Gasteiger partial charge in [-0.15, -0.1) is 0 Å². The van der Waals surface area contributed by atoms with Gasteiger partial charge in [0.2, 0.25) is 41.4 Å². The van der Waals surface area contributed by atoms with Crippen LogP contribution < -0.4 is 43.8 Å². The van der Waals surface area contributed by atoms with E-state index < -0.39 is 65.2 Å². The lowest BCUT2D eigenvalue weighted by atomic mass is 9.83. The van der Waals surface area contributed by atoms with E-state index in [-0.39, 0.29) is 61.8 Å². The van der Waals surface area contributed by atoms with Crippen molar-refractivity contribution in [1.29, 1.82) is 0 Å². The van der Waals surface area contributed by atoms with Crippen molar-refractivity contribution in [3.63, 3.8) is 0 Å². The van der Waals surface area contributed by atoms with Gasteiger partial charge >= 0.3 is 0 Å². The third-order valence-electron chi connectivity index (χ3n) is 10.8.